The van der Waals surface area contributed by atoms with E-state index in [-0.39, 0.29) is 5.91 Å². The van der Waals surface area contributed by atoms with Crippen LogP contribution in [-0.2, 0) is 4.79 Å². The molecular formula is C14H11Cl2N2O+. The van der Waals surface area contributed by atoms with Crippen LogP contribution in [0.15, 0.2) is 48.8 Å². The highest BCUT2D eigenvalue weighted by molar-refractivity contribution is 6.42. The van der Waals surface area contributed by atoms with E-state index in [9.17, 15) is 4.79 Å². The Morgan fingerprint density at radius 2 is 2.05 bits per heavy atom. The van der Waals surface area contributed by atoms with Gasteiger partial charge in [0.25, 0.3) is 0 Å². The van der Waals surface area contributed by atoms with Crippen molar-refractivity contribution < 1.29 is 9.78 Å². The third-order valence-corrected chi connectivity index (χ3v) is 3.08. The first-order valence-electron chi connectivity index (χ1n) is 5.55. The van der Waals surface area contributed by atoms with Gasteiger partial charge in [-0.3, -0.25) is 4.79 Å². The predicted octanol–water partition coefficient (Wildman–Crippen LogP) is 3.46. The van der Waals surface area contributed by atoms with Gasteiger partial charge in [-0.15, -0.1) is 0 Å². The van der Waals surface area contributed by atoms with E-state index in [1.807, 2.05) is 0 Å². The number of benzene rings is 1. The SMILES string of the molecule is O=C(C=Cc1ccc(Cl)c(Cl)c1)Nc1ccc[nH+]c1. The Balaban J connectivity index is 2.02. The molecule has 0 atom stereocenters. The van der Waals surface area contributed by atoms with Crippen molar-refractivity contribution in [3.05, 3.63) is 64.4 Å². The van der Waals surface area contributed by atoms with Gasteiger partial charge in [-0.2, -0.15) is 0 Å². The summed E-state index contributed by atoms with van der Waals surface area (Å²) >= 11 is 11.7. The lowest BCUT2D eigenvalue weighted by Gasteiger charge is -1.99. The molecule has 0 saturated carbocycles. The zero-order chi connectivity index (χ0) is 13.7. The van der Waals surface area contributed by atoms with Crippen LogP contribution in [0.1, 0.15) is 5.56 Å². The molecule has 0 fully saturated rings. The van der Waals surface area contributed by atoms with Crippen molar-refractivity contribution in [2.45, 2.75) is 0 Å². The average molecular weight is 294 g/mol. The number of hydrogen-bond donors (Lipinski definition) is 1. The highest BCUT2D eigenvalue weighted by Gasteiger charge is 2.00. The van der Waals surface area contributed by atoms with Gasteiger partial charge in [0.2, 0.25) is 5.91 Å². The number of nitrogens with one attached hydrogen (secondary N) is 2. The number of aromatic amines is 1. The molecule has 1 aromatic carbocycles. The van der Waals surface area contributed by atoms with Crippen LogP contribution in [0.3, 0.4) is 0 Å². The van der Waals surface area contributed by atoms with Gasteiger partial charge in [-0.25, -0.2) is 4.98 Å². The van der Waals surface area contributed by atoms with Crippen LogP contribution in [0.5, 0.6) is 0 Å². The van der Waals surface area contributed by atoms with E-state index < -0.39 is 0 Å². The standard InChI is InChI=1S/C14H10Cl2N2O/c15-12-5-3-10(8-13(12)16)4-6-14(19)18-11-2-1-7-17-9-11/h1-9H,(H,18,19)/p+1. The number of H-pyrrole nitrogens is 1. The molecule has 0 unspecified atom stereocenters. The second-order valence-electron chi connectivity index (χ2n) is 3.79. The van der Waals surface area contributed by atoms with E-state index in [0.29, 0.717) is 15.7 Å². The normalized spacial score (nSPS) is 10.6. The third kappa shape index (κ3) is 4.09. The summed E-state index contributed by atoms with van der Waals surface area (Å²) in [7, 11) is 0. The monoisotopic (exact) mass is 293 g/mol. The Morgan fingerprint density at radius 1 is 1.21 bits per heavy atom. The molecule has 2 aromatic rings. The van der Waals surface area contributed by atoms with Crippen molar-refractivity contribution >= 4 is 40.9 Å². The van der Waals surface area contributed by atoms with E-state index in [1.165, 1.54) is 6.08 Å². The summed E-state index contributed by atoms with van der Waals surface area (Å²) < 4.78 is 0. The number of carbonyl (C=O) groups is 1. The quantitative estimate of drug-likeness (QED) is 0.866. The second kappa shape index (κ2) is 6.36. The van der Waals surface area contributed by atoms with Gasteiger partial charge in [0.05, 0.1) is 10.0 Å². The summed E-state index contributed by atoms with van der Waals surface area (Å²) in [4.78, 5) is 14.5. The average Bonchev–Trinajstić information content (AvgIpc) is 2.41. The molecule has 19 heavy (non-hydrogen) atoms. The molecule has 0 radical (unpaired) electrons. The maximum absolute atomic E-state index is 11.7. The van der Waals surface area contributed by atoms with E-state index in [2.05, 4.69) is 10.3 Å². The highest BCUT2D eigenvalue weighted by Crippen LogP contribution is 2.23. The van der Waals surface area contributed by atoms with Gasteiger partial charge in [-0.1, -0.05) is 29.3 Å². The minimum absolute atomic E-state index is 0.217. The largest absolute Gasteiger partial charge is 0.317 e. The molecule has 3 nitrogen and oxygen atoms in total. The summed E-state index contributed by atoms with van der Waals surface area (Å²) in [5, 5.41) is 3.67. The number of anilines is 1. The lowest BCUT2D eigenvalue weighted by Crippen LogP contribution is -2.10. The fourth-order valence-corrected chi connectivity index (χ4v) is 1.75. The zero-order valence-corrected chi connectivity index (χ0v) is 11.4. The molecule has 1 heterocycles. The van der Waals surface area contributed by atoms with Crippen LogP contribution < -0.4 is 10.3 Å². The number of aromatic nitrogens is 1. The minimum atomic E-state index is -0.217. The summed E-state index contributed by atoms with van der Waals surface area (Å²) in [5.41, 5.74) is 1.51. The van der Waals surface area contributed by atoms with Crippen LogP contribution in [0.2, 0.25) is 10.0 Å². The summed E-state index contributed by atoms with van der Waals surface area (Å²) in [6.07, 6.45) is 6.57. The first kappa shape index (κ1) is 13.6. The lowest BCUT2D eigenvalue weighted by molar-refractivity contribution is -0.377. The van der Waals surface area contributed by atoms with Crippen molar-refractivity contribution in [3.8, 4) is 0 Å². The Morgan fingerprint density at radius 3 is 2.74 bits per heavy atom. The van der Waals surface area contributed by atoms with Crippen molar-refractivity contribution in [2.75, 3.05) is 5.32 Å². The molecule has 0 saturated heterocycles. The van der Waals surface area contributed by atoms with Crippen molar-refractivity contribution in [1.29, 1.82) is 0 Å². The molecular weight excluding hydrogens is 283 g/mol. The van der Waals surface area contributed by atoms with Crippen molar-refractivity contribution in [2.24, 2.45) is 0 Å². The van der Waals surface area contributed by atoms with Gasteiger partial charge < -0.3 is 5.32 Å². The van der Waals surface area contributed by atoms with Crippen LogP contribution in [0.25, 0.3) is 6.08 Å². The number of amides is 1. The first-order chi connectivity index (χ1) is 9.15. The second-order valence-corrected chi connectivity index (χ2v) is 4.60. The number of pyridine rings is 1. The molecule has 1 aromatic heterocycles. The van der Waals surface area contributed by atoms with E-state index in [1.54, 1.807) is 48.8 Å². The highest BCUT2D eigenvalue weighted by atomic mass is 35.5. The Bertz CT molecular complexity index is 612. The summed E-state index contributed by atoms with van der Waals surface area (Å²) in [6.45, 7) is 0. The van der Waals surface area contributed by atoms with Crippen LogP contribution >= 0.6 is 23.2 Å². The molecule has 2 rings (SSSR count). The molecule has 0 aliphatic carbocycles. The van der Waals surface area contributed by atoms with Crippen molar-refractivity contribution in [1.82, 2.24) is 0 Å². The van der Waals surface area contributed by atoms with Crippen LogP contribution in [0, 0.1) is 0 Å². The molecule has 0 bridgehead atoms. The molecule has 0 aliphatic rings. The molecule has 5 heteroatoms. The predicted molar refractivity (Wildman–Crippen MR) is 77.1 cm³/mol. The van der Waals surface area contributed by atoms with Gasteiger partial charge in [0, 0.05) is 12.1 Å². The Hall–Kier alpha value is -1.84. The van der Waals surface area contributed by atoms with Gasteiger partial charge >= 0.3 is 0 Å². The zero-order valence-electron chi connectivity index (χ0n) is 9.86. The van der Waals surface area contributed by atoms with E-state index in [0.717, 1.165) is 5.56 Å². The molecule has 1 amide bonds. The van der Waals surface area contributed by atoms with E-state index >= 15 is 0 Å². The number of halogens is 2. The van der Waals surface area contributed by atoms with Crippen LogP contribution in [-0.4, -0.2) is 5.91 Å². The summed E-state index contributed by atoms with van der Waals surface area (Å²) in [6, 6.07) is 8.77. The maximum Gasteiger partial charge on any atom is 0.248 e. The fourth-order valence-electron chi connectivity index (χ4n) is 1.44. The number of carbonyl (C=O) groups excluding carboxylic acids is 1. The van der Waals surface area contributed by atoms with Crippen molar-refractivity contribution in [3.63, 3.8) is 0 Å². The maximum atomic E-state index is 11.7. The summed E-state index contributed by atoms with van der Waals surface area (Å²) in [5.74, 6) is -0.217. The van der Waals surface area contributed by atoms with Gasteiger partial charge in [0.1, 0.15) is 5.69 Å². The number of rotatable bonds is 3. The lowest BCUT2D eigenvalue weighted by atomic mass is 10.2. The smallest absolute Gasteiger partial charge is 0.248 e. The topological polar surface area (TPSA) is 43.2 Å². The molecule has 96 valence electrons. The number of hydrogen-bond acceptors (Lipinski definition) is 1. The molecule has 0 aliphatic heterocycles. The fraction of sp³-hybridized carbons (Fsp3) is 0. The minimum Gasteiger partial charge on any atom is -0.317 e. The van der Waals surface area contributed by atoms with Gasteiger partial charge in [0.15, 0.2) is 12.4 Å². The molecule has 0 spiro atoms. The third-order valence-electron chi connectivity index (χ3n) is 2.35. The Labute approximate surface area is 120 Å². The van der Waals surface area contributed by atoms with E-state index in [4.69, 9.17) is 23.2 Å². The van der Waals surface area contributed by atoms with Crippen LogP contribution in [0.4, 0.5) is 5.69 Å². The molecule has 2 N–H and O–H groups in total. The first-order valence-corrected chi connectivity index (χ1v) is 6.31. The van der Waals surface area contributed by atoms with Gasteiger partial charge in [-0.05, 0) is 29.8 Å². The Kier molecular flexibility index (Phi) is 4.55.